The fraction of sp³-hybridized carbons (Fsp3) is 0.235. The molecule has 0 aliphatic rings. The number of hydrogen-bond donors (Lipinski definition) is 1. The molecule has 0 spiro atoms. The molecule has 0 saturated carbocycles. The number of halogens is 2. The van der Waals surface area contributed by atoms with Crippen LogP contribution in [0.1, 0.15) is 18.1 Å². The average molecular weight is 398 g/mol. The van der Waals surface area contributed by atoms with Gasteiger partial charge in [-0.3, -0.25) is 0 Å². The summed E-state index contributed by atoms with van der Waals surface area (Å²) in [5.74, 6) is 1.36. The number of ether oxygens (including phenoxy) is 2. The van der Waals surface area contributed by atoms with E-state index in [1.54, 1.807) is 13.3 Å². The van der Waals surface area contributed by atoms with Crippen molar-refractivity contribution in [3.05, 3.63) is 57.0 Å². The molecular formula is C17H18BrClN2O2. The lowest BCUT2D eigenvalue weighted by atomic mass is 10.2. The van der Waals surface area contributed by atoms with Crippen molar-refractivity contribution in [3.63, 3.8) is 0 Å². The summed E-state index contributed by atoms with van der Waals surface area (Å²) in [5.41, 5.74) is 5.02. The summed E-state index contributed by atoms with van der Waals surface area (Å²) in [6.07, 6.45) is 1.74. The minimum atomic E-state index is 0.568. The van der Waals surface area contributed by atoms with Crippen LogP contribution in [0.5, 0.6) is 11.5 Å². The Morgan fingerprint density at radius 1 is 1.26 bits per heavy atom. The second kappa shape index (κ2) is 8.79. The maximum Gasteiger partial charge on any atom is 0.174 e. The molecule has 2 rings (SSSR count). The normalized spacial score (nSPS) is 10.8. The Bertz CT molecular complexity index is 675. The van der Waals surface area contributed by atoms with Gasteiger partial charge in [-0.1, -0.05) is 23.7 Å². The maximum absolute atomic E-state index is 5.86. The Kier molecular flexibility index (Phi) is 6.74. The van der Waals surface area contributed by atoms with Gasteiger partial charge in [0.1, 0.15) is 0 Å². The third-order valence-corrected chi connectivity index (χ3v) is 3.88. The summed E-state index contributed by atoms with van der Waals surface area (Å²) in [5, 5.41) is 4.96. The van der Waals surface area contributed by atoms with Crippen molar-refractivity contribution in [3.8, 4) is 11.5 Å². The van der Waals surface area contributed by atoms with E-state index < -0.39 is 0 Å². The molecular weight excluding hydrogens is 380 g/mol. The summed E-state index contributed by atoms with van der Waals surface area (Å²) < 4.78 is 11.7. The maximum atomic E-state index is 5.86. The van der Waals surface area contributed by atoms with Crippen LogP contribution in [0.15, 0.2) is 46.0 Å². The van der Waals surface area contributed by atoms with E-state index in [-0.39, 0.29) is 0 Å². The van der Waals surface area contributed by atoms with E-state index in [1.165, 1.54) is 0 Å². The van der Waals surface area contributed by atoms with Crippen molar-refractivity contribution in [1.82, 2.24) is 5.43 Å². The van der Waals surface area contributed by atoms with Crippen molar-refractivity contribution >= 4 is 33.7 Å². The lowest BCUT2D eigenvalue weighted by Gasteiger charge is -2.11. The second-order valence-corrected chi connectivity index (χ2v) is 5.98. The molecule has 0 aromatic heterocycles. The van der Waals surface area contributed by atoms with Gasteiger partial charge in [0.05, 0.1) is 30.9 Å². The first-order valence-corrected chi connectivity index (χ1v) is 8.31. The van der Waals surface area contributed by atoms with Crippen LogP contribution < -0.4 is 14.9 Å². The van der Waals surface area contributed by atoms with E-state index in [2.05, 4.69) is 26.5 Å². The molecule has 6 heteroatoms. The topological polar surface area (TPSA) is 42.8 Å². The van der Waals surface area contributed by atoms with Gasteiger partial charge in [-0.15, -0.1) is 0 Å². The van der Waals surface area contributed by atoms with Crippen molar-refractivity contribution in [2.45, 2.75) is 13.5 Å². The monoisotopic (exact) mass is 396 g/mol. The summed E-state index contributed by atoms with van der Waals surface area (Å²) in [6.45, 7) is 3.13. The first-order chi connectivity index (χ1) is 11.1. The average Bonchev–Trinajstić information content (AvgIpc) is 2.53. The number of rotatable bonds is 7. The molecule has 2 aromatic carbocycles. The van der Waals surface area contributed by atoms with E-state index in [4.69, 9.17) is 21.1 Å². The third kappa shape index (κ3) is 5.15. The molecule has 0 unspecified atom stereocenters. The van der Waals surface area contributed by atoms with Crippen LogP contribution >= 0.6 is 27.5 Å². The Labute approximate surface area is 149 Å². The van der Waals surface area contributed by atoms with E-state index >= 15 is 0 Å². The van der Waals surface area contributed by atoms with Crippen LogP contribution in [0.3, 0.4) is 0 Å². The molecule has 0 atom stereocenters. The van der Waals surface area contributed by atoms with E-state index in [9.17, 15) is 0 Å². The first kappa shape index (κ1) is 17.6. The van der Waals surface area contributed by atoms with Crippen LogP contribution in [0, 0.1) is 0 Å². The Balaban J connectivity index is 2.02. The van der Waals surface area contributed by atoms with Crippen LogP contribution in [0.4, 0.5) is 0 Å². The van der Waals surface area contributed by atoms with E-state index in [0.29, 0.717) is 24.7 Å². The minimum absolute atomic E-state index is 0.568. The van der Waals surface area contributed by atoms with Crippen molar-refractivity contribution in [2.24, 2.45) is 5.10 Å². The smallest absolute Gasteiger partial charge is 0.174 e. The van der Waals surface area contributed by atoms with Crippen molar-refractivity contribution in [1.29, 1.82) is 0 Å². The van der Waals surface area contributed by atoms with Gasteiger partial charge in [-0.25, -0.2) is 0 Å². The highest BCUT2D eigenvalue weighted by molar-refractivity contribution is 9.10. The Morgan fingerprint density at radius 3 is 2.65 bits per heavy atom. The minimum Gasteiger partial charge on any atom is -0.492 e. The Morgan fingerprint density at radius 2 is 2.00 bits per heavy atom. The molecule has 0 fully saturated rings. The fourth-order valence-electron chi connectivity index (χ4n) is 1.98. The molecule has 0 saturated heterocycles. The van der Waals surface area contributed by atoms with Gasteiger partial charge in [0.2, 0.25) is 0 Å². The van der Waals surface area contributed by atoms with Crippen LogP contribution in [0.25, 0.3) is 0 Å². The number of nitrogens with one attached hydrogen (secondary N) is 1. The number of methoxy groups -OCH3 is 1. The molecule has 0 heterocycles. The molecule has 0 aliphatic carbocycles. The lowest BCUT2D eigenvalue weighted by Crippen LogP contribution is -2.05. The number of benzene rings is 2. The van der Waals surface area contributed by atoms with E-state index in [1.807, 2.05) is 43.3 Å². The fourth-order valence-corrected chi connectivity index (χ4v) is 2.73. The zero-order chi connectivity index (χ0) is 16.7. The van der Waals surface area contributed by atoms with Crippen LogP contribution in [0.2, 0.25) is 5.02 Å². The van der Waals surface area contributed by atoms with Gasteiger partial charge in [0.25, 0.3) is 0 Å². The van der Waals surface area contributed by atoms with Gasteiger partial charge in [-0.2, -0.15) is 5.10 Å². The summed E-state index contributed by atoms with van der Waals surface area (Å²) in [6, 6.07) is 11.5. The zero-order valence-corrected chi connectivity index (χ0v) is 15.3. The quantitative estimate of drug-likeness (QED) is 0.547. The van der Waals surface area contributed by atoms with Gasteiger partial charge < -0.3 is 14.9 Å². The molecule has 2 aromatic rings. The first-order valence-electron chi connectivity index (χ1n) is 7.14. The largest absolute Gasteiger partial charge is 0.492 e. The van der Waals surface area contributed by atoms with Crippen LogP contribution in [-0.2, 0) is 6.54 Å². The van der Waals surface area contributed by atoms with Crippen molar-refractivity contribution in [2.75, 3.05) is 13.7 Å². The summed E-state index contributed by atoms with van der Waals surface area (Å²) >= 11 is 9.34. The lowest BCUT2D eigenvalue weighted by molar-refractivity contribution is 0.310. The van der Waals surface area contributed by atoms with Gasteiger partial charge in [-0.05, 0) is 58.2 Å². The van der Waals surface area contributed by atoms with Crippen LogP contribution in [-0.4, -0.2) is 19.9 Å². The molecule has 0 radical (unpaired) electrons. The standard InChI is InChI=1S/C17H18BrClN2O2/c1-3-23-16-9-13(8-15(18)17(16)22-2)11-21-20-10-12-4-6-14(19)7-5-12/h4-9,11,20H,3,10H2,1-2H3/b21-11-. The predicted octanol–water partition coefficient (Wildman–Crippen LogP) is 4.63. The molecule has 0 amide bonds. The highest BCUT2D eigenvalue weighted by Gasteiger charge is 2.10. The Hall–Kier alpha value is -1.72. The molecule has 23 heavy (non-hydrogen) atoms. The van der Waals surface area contributed by atoms with E-state index in [0.717, 1.165) is 20.6 Å². The van der Waals surface area contributed by atoms with Gasteiger partial charge in [0.15, 0.2) is 11.5 Å². The predicted molar refractivity (Wildman–Crippen MR) is 97.7 cm³/mol. The second-order valence-electron chi connectivity index (χ2n) is 4.69. The van der Waals surface area contributed by atoms with Gasteiger partial charge in [0, 0.05) is 5.02 Å². The molecule has 0 aliphatic heterocycles. The SMILES string of the molecule is CCOc1cc(/C=N\NCc2ccc(Cl)cc2)cc(Br)c1OC. The highest BCUT2D eigenvalue weighted by atomic mass is 79.9. The molecule has 1 N–H and O–H groups in total. The zero-order valence-electron chi connectivity index (χ0n) is 13.0. The third-order valence-electron chi connectivity index (χ3n) is 3.04. The highest BCUT2D eigenvalue weighted by Crippen LogP contribution is 2.36. The van der Waals surface area contributed by atoms with Crippen molar-refractivity contribution < 1.29 is 9.47 Å². The summed E-state index contributed by atoms with van der Waals surface area (Å²) in [4.78, 5) is 0. The number of hydrogen-bond acceptors (Lipinski definition) is 4. The molecule has 4 nitrogen and oxygen atoms in total. The summed E-state index contributed by atoms with van der Waals surface area (Å²) in [7, 11) is 1.62. The molecule has 122 valence electrons. The van der Waals surface area contributed by atoms with Gasteiger partial charge >= 0.3 is 0 Å². The number of nitrogens with zero attached hydrogens (tertiary/aromatic N) is 1. The molecule has 0 bridgehead atoms. The number of hydrazone groups is 1.